The van der Waals surface area contributed by atoms with E-state index >= 15 is 0 Å². The van der Waals surface area contributed by atoms with Crippen LogP contribution in [-0.2, 0) is 22.9 Å². The predicted octanol–water partition coefficient (Wildman–Crippen LogP) is 4.89. The van der Waals surface area contributed by atoms with E-state index in [-0.39, 0.29) is 23.5 Å². The molecule has 0 aromatic carbocycles. The number of thioether (sulfide) groups is 1. The molecule has 0 aromatic rings. The van der Waals surface area contributed by atoms with Gasteiger partial charge in [-0.1, -0.05) is 45.4 Å². The Bertz CT molecular complexity index is 439. The van der Waals surface area contributed by atoms with Gasteiger partial charge in [-0.05, 0) is 40.0 Å². The van der Waals surface area contributed by atoms with E-state index in [1.807, 2.05) is 13.8 Å². The molecule has 0 saturated heterocycles. The summed E-state index contributed by atoms with van der Waals surface area (Å²) in [6.07, 6.45) is 5.48. The Morgan fingerprint density at radius 3 is 1.93 bits per heavy atom. The van der Waals surface area contributed by atoms with Crippen LogP contribution in [0.5, 0.6) is 0 Å². The second-order valence-corrected chi connectivity index (χ2v) is 10.8. The number of hydrogen-bond acceptors (Lipinski definition) is 7. The Hall–Kier alpha value is -0.253. The third kappa shape index (κ3) is 12.3. The van der Waals surface area contributed by atoms with Crippen molar-refractivity contribution in [1.29, 1.82) is 0 Å². The smallest absolute Gasteiger partial charge is 0.374 e. The normalized spacial score (nSPS) is 13.1. The third-order valence-electron chi connectivity index (χ3n) is 4.60. The number of ketones is 1. The summed E-state index contributed by atoms with van der Waals surface area (Å²) in [6.45, 7) is 15.2. The first-order valence-electron chi connectivity index (χ1n) is 11.3. The Balaban J connectivity index is 5.00. The molecule has 6 nitrogen and oxygen atoms in total. The second-order valence-electron chi connectivity index (χ2n) is 7.03. The van der Waals surface area contributed by atoms with Crippen LogP contribution < -0.4 is 0 Å². The lowest BCUT2D eigenvalue weighted by Crippen LogP contribution is -2.52. The van der Waals surface area contributed by atoms with Gasteiger partial charge in [-0.2, -0.15) is 0 Å². The van der Waals surface area contributed by atoms with Crippen molar-refractivity contribution < 1.29 is 22.9 Å². The molecule has 0 N–H and O–H groups in total. The van der Waals surface area contributed by atoms with E-state index in [4.69, 9.17) is 13.3 Å². The number of unbranched alkanes of at least 4 members (excludes halogenated alkanes) is 2. The Morgan fingerprint density at radius 1 is 0.931 bits per heavy atom. The number of hydrogen-bond donors (Lipinski definition) is 0. The minimum Gasteiger partial charge on any atom is -0.374 e. The highest BCUT2D eigenvalue weighted by Crippen LogP contribution is 2.23. The molecule has 1 atom stereocenters. The van der Waals surface area contributed by atoms with Crippen molar-refractivity contribution in [3.8, 4) is 0 Å². The second kappa shape index (κ2) is 17.4. The molecular formula is C21H43NO5SSi. The summed E-state index contributed by atoms with van der Waals surface area (Å²) in [7, 11) is -2.86. The van der Waals surface area contributed by atoms with Gasteiger partial charge in [0.2, 0.25) is 5.78 Å². The van der Waals surface area contributed by atoms with Crippen molar-refractivity contribution in [1.82, 2.24) is 4.90 Å². The monoisotopic (exact) mass is 449 g/mol. The first-order chi connectivity index (χ1) is 13.9. The maximum absolute atomic E-state index is 11.7. The molecule has 0 heterocycles. The molecule has 0 aliphatic heterocycles. The Kier molecular flexibility index (Phi) is 17.3. The lowest BCUT2D eigenvalue weighted by Gasteiger charge is -2.36. The van der Waals surface area contributed by atoms with Crippen molar-refractivity contribution >= 4 is 31.5 Å². The zero-order valence-electron chi connectivity index (χ0n) is 19.5. The molecule has 0 spiro atoms. The van der Waals surface area contributed by atoms with E-state index in [1.165, 1.54) is 0 Å². The topological polar surface area (TPSA) is 65.1 Å². The van der Waals surface area contributed by atoms with Crippen LogP contribution >= 0.6 is 11.8 Å². The van der Waals surface area contributed by atoms with Gasteiger partial charge in [0.05, 0.1) is 0 Å². The summed E-state index contributed by atoms with van der Waals surface area (Å²) in [5, 5.41) is -0.354. The van der Waals surface area contributed by atoms with Crippen LogP contribution in [0.15, 0.2) is 0 Å². The molecule has 0 saturated carbocycles. The third-order valence-corrected chi connectivity index (χ3v) is 8.71. The molecule has 0 aliphatic carbocycles. The number of rotatable bonds is 19. The summed E-state index contributed by atoms with van der Waals surface area (Å²) in [5.74, 6) is 0.257. The summed E-state index contributed by atoms with van der Waals surface area (Å²) in [6, 6.07) is 0.648. The molecule has 1 unspecified atom stereocenters. The molecule has 0 radical (unpaired) electrons. The minimum atomic E-state index is -2.86. The fourth-order valence-electron chi connectivity index (χ4n) is 2.96. The van der Waals surface area contributed by atoms with E-state index < -0.39 is 8.80 Å². The standard InChI is InChI=1S/C21H43NO5SSi/c1-7-12-15-22(16-13-8-2)19(6)27-29(25-10-4,26-11-5)18-14-17-28-21(24)20(23)9-3/h19H,7-18H2,1-6H3. The van der Waals surface area contributed by atoms with E-state index in [9.17, 15) is 9.59 Å². The van der Waals surface area contributed by atoms with Gasteiger partial charge in [-0.25, -0.2) is 0 Å². The SMILES string of the molecule is CCCCN(CCCC)C(C)O[Si](CCCSC(=O)C(=O)CC)(OCC)OCC. The van der Waals surface area contributed by atoms with Crippen LogP contribution in [0.1, 0.15) is 80.1 Å². The van der Waals surface area contributed by atoms with Crippen molar-refractivity contribution in [2.24, 2.45) is 0 Å². The molecule has 0 fully saturated rings. The van der Waals surface area contributed by atoms with Crippen LogP contribution in [-0.4, -0.2) is 62.9 Å². The van der Waals surface area contributed by atoms with Crippen molar-refractivity contribution in [3.63, 3.8) is 0 Å². The van der Waals surface area contributed by atoms with Gasteiger partial charge in [-0.3, -0.25) is 14.5 Å². The quantitative estimate of drug-likeness (QED) is 0.120. The summed E-state index contributed by atoms with van der Waals surface area (Å²) < 4.78 is 18.7. The molecule has 0 amide bonds. The zero-order chi connectivity index (χ0) is 22.1. The van der Waals surface area contributed by atoms with Gasteiger partial charge in [0.1, 0.15) is 6.23 Å². The number of nitrogens with zero attached hydrogens (tertiary/aromatic N) is 1. The van der Waals surface area contributed by atoms with E-state index in [0.29, 0.717) is 25.0 Å². The molecule has 0 aliphatic rings. The number of carbonyl (C=O) groups is 2. The van der Waals surface area contributed by atoms with Gasteiger partial charge in [0.15, 0.2) is 0 Å². The Morgan fingerprint density at radius 2 is 1.48 bits per heavy atom. The largest absolute Gasteiger partial charge is 0.502 e. The van der Waals surface area contributed by atoms with Crippen LogP contribution in [0.3, 0.4) is 0 Å². The van der Waals surface area contributed by atoms with Gasteiger partial charge in [-0.15, -0.1) is 0 Å². The average Bonchev–Trinajstić information content (AvgIpc) is 2.70. The van der Waals surface area contributed by atoms with Gasteiger partial charge < -0.3 is 13.3 Å². The van der Waals surface area contributed by atoms with E-state index in [1.54, 1.807) is 6.92 Å². The first-order valence-corrected chi connectivity index (χ1v) is 14.2. The molecule has 8 heteroatoms. The predicted molar refractivity (Wildman–Crippen MR) is 123 cm³/mol. The van der Waals surface area contributed by atoms with Crippen molar-refractivity contribution in [2.45, 2.75) is 92.3 Å². The lowest BCUT2D eigenvalue weighted by atomic mass is 10.2. The molecule has 172 valence electrons. The fourth-order valence-corrected chi connectivity index (χ4v) is 6.78. The van der Waals surface area contributed by atoms with Gasteiger partial charge in [0.25, 0.3) is 5.12 Å². The van der Waals surface area contributed by atoms with Crippen LogP contribution in [0.2, 0.25) is 6.04 Å². The van der Waals surface area contributed by atoms with Crippen LogP contribution in [0.25, 0.3) is 0 Å². The number of Topliss-reactive ketones (excluding diaryl/α,β-unsaturated/α-hetero) is 1. The molecule has 0 bridgehead atoms. The van der Waals surface area contributed by atoms with E-state index in [0.717, 1.165) is 57.0 Å². The van der Waals surface area contributed by atoms with Crippen molar-refractivity contribution in [3.05, 3.63) is 0 Å². The highest BCUT2D eigenvalue weighted by Gasteiger charge is 2.42. The minimum absolute atomic E-state index is 0.0752. The fraction of sp³-hybridized carbons (Fsp3) is 0.905. The zero-order valence-corrected chi connectivity index (χ0v) is 21.3. The molecule has 29 heavy (non-hydrogen) atoms. The van der Waals surface area contributed by atoms with Crippen molar-refractivity contribution in [2.75, 3.05) is 32.1 Å². The molecular weight excluding hydrogens is 406 g/mol. The van der Waals surface area contributed by atoms with Gasteiger partial charge >= 0.3 is 8.80 Å². The van der Waals surface area contributed by atoms with Crippen LogP contribution in [0, 0.1) is 0 Å². The summed E-state index contributed by atoms with van der Waals surface area (Å²) in [5.41, 5.74) is 0. The van der Waals surface area contributed by atoms with Crippen LogP contribution in [0.4, 0.5) is 0 Å². The Labute approximate surface area is 183 Å². The lowest BCUT2D eigenvalue weighted by molar-refractivity contribution is -0.131. The maximum Gasteiger partial charge on any atom is 0.502 e. The molecule has 0 rings (SSSR count). The highest BCUT2D eigenvalue weighted by atomic mass is 32.2. The first kappa shape index (κ1) is 28.7. The number of carbonyl (C=O) groups excluding carboxylic acids is 2. The average molecular weight is 450 g/mol. The molecule has 0 aromatic heterocycles. The maximum atomic E-state index is 11.7. The summed E-state index contributed by atoms with van der Waals surface area (Å²) in [4.78, 5) is 25.6. The highest BCUT2D eigenvalue weighted by molar-refractivity contribution is 8.15. The van der Waals surface area contributed by atoms with E-state index in [2.05, 4.69) is 25.7 Å². The summed E-state index contributed by atoms with van der Waals surface area (Å²) >= 11 is 1.09. The van der Waals surface area contributed by atoms with Gasteiger partial charge in [0, 0.05) is 44.5 Å².